The van der Waals surface area contributed by atoms with Crippen molar-refractivity contribution in [3.8, 4) is 5.75 Å². The minimum Gasteiger partial charge on any atom is -0.497 e. The number of benzene rings is 2. The molecule has 3 aromatic rings. The van der Waals surface area contributed by atoms with Crippen LogP contribution in [0.2, 0.25) is 0 Å². The molecule has 2 aromatic carbocycles. The van der Waals surface area contributed by atoms with Gasteiger partial charge in [0, 0.05) is 11.9 Å². The topological polar surface area (TPSA) is 59.5 Å². The van der Waals surface area contributed by atoms with Gasteiger partial charge in [0.15, 0.2) is 0 Å². The number of aromatic nitrogens is 1. The molecule has 0 bridgehead atoms. The Labute approximate surface area is 153 Å². The van der Waals surface area contributed by atoms with Crippen LogP contribution in [-0.4, -0.2) is 27.1 Å². The summed E-state index contributed by atoms with van der Waals surface area (Å²) >= 11 is 0. The SMILES string of the molecule is COc1ccc(S(=O)(=O)N2CCc3cc4cccc(C)c4nc32)c(C)c1. The van der Waals surface area contributed by atoms with E-state index in [0.717, 1.165) is 22.0 Å². The maximum Gasteiger partial charge on any atom is 0.265 e. The first-order chi connectivity index (χ1) is 12.4. The van der Waals surface area contributed by atoms with Gasteiger partial charge < -0.3 is 4.74 Å². The van der Waals surface area contributed by atoms with Gasteiger partial charge in [-0.05, 0) is 61.2 Å². The van der Waals surface area contributed by atoms with E-state index >= 15 is 0 Å². The van der Waals surface area contributed by atoms with Crippen LogP contribution in [0.25, 0.3) is 10.9 Å². The molecule has 0 saturated carbocycles. The van der Waals surface area contributed by atoms with E-state index in [9.17, 15) is 8.42 Å². The van der Waals surface area contributed by atoms with E-state index in [-0.39, 0.29) is 4.90 Å². The Hall–Kier alpha value is -2.60. The van der Waals surface area contributed by atoms with Crippen molar-refractivity contribution >= 4 is 26.7 Å². The molecular weight excluding hydrogens is 348 g/mol. The summed E-state index contributed by atoms with van der Waals surface area (Å²) in [4.78, 5) is 5.00. The van der Waals surface area contributed by atoms with Crippen molar-refractivity contribution < 1.29 is 13.2 Å². The Balaban J connectivity index is 1.85. The number of ether oxygens (including phenoxy) is 1. The van der Waals surface area contributed by atoms with Crippen molar-refractivity contribution in [1.82, 2.24) is 4.98 Å². The van der Waals surface area contributed by atoms with Gasteiger partial charge in [0.2, 0.25) is 0 Å². The molecule has 1 aliphatic heterocycles. The molecule has 6 heteroatoms. The summed E-state index contributed by atoms with van der Waals surface area (Å²) in [5.74, 6) is 1.19. The molecule has 4 rings (SSSR count). The van der Waals surface area contributed by atoms with E-state index in [1.807, 2.05) is 25.1 Å². The highest BCUT2D eigenvalue weighted by Crippen LogP contribution is 2.35. The second kappa shape index (κ2) is 5.99. The number of aryl methyl sites for hydroxylation is 2. The maximum absolute atomic E-state index is 13.3. The van der Waals surface area contributed by atoms with Gasteiger partial charge in [-0.15, -0.1) is 0 Å². The van der Waals surface area contributed by atoms with Gasteiger partial charge in [0.1, 0.15) is 11.6 Å². The second-order valence-electron chi connectivity index (χ2n) is 6.58. The highest BCUT2D eigenvalue weighted by atomic mass is 32.2. The van der Waals surface area contributed by atoms with Crippen LogP contribution < -0.4 is 9.04 Å². The number of fused-ring (bicyclic) bond motifs is 2. The minimum atomic E-state index is -3.67. The molecule has 0 radical (unpaired) electrons. The average Bonchev–Trinajstić information content (AvgIpc) is 3.04. The first-order valence-electron chi connectivity index (χ1n) is 8.48. The zero-order valence-electron chi connectivity index (χ0n) is 15.0. The van der Waals surface area contributed by atoms with Crippen LogP contribution in [0.4, 0.5) is 5.82 Å². The fourth-order valence-corrected chi connectivity index (χ4v) is 5.16. The highest BCUT2D eigenvalue weighted by molar-refractivity contribution is 7.92. The molecule has 1 aromatic heterocycles. The van der Waals surface area contributed by atoms with Crippen LogP contribution >= 0.6 is 0 Å². The van der Waals surface area contributed by atoms with Gasteiger partial charge in [-0.2, -0.15) is 0 Å². The van der Waals surface area contributed by atoms with E-state index in [1.165, 1.54) is 4.31 Å². The predicted molar refractivity (Wildman–Crippen MR) is 102 cm³/mol. The number of rotatable bonds is 3. The van der Waals surface area contributed by atoms with Crippen LogP contribution in [0.3, 0.4) is 0 Å². The van der Waals surface area contributed by atoms with Crippen molar-refractivity contribution in [2.24, 2.45) is 0 Å². The number of para-hydroxylation sites is 1. The normalized spacial score (nSPS) is 13.9. The van der Waals surface area contributed by atoms with E-state index in [2.05, 4.69) is 6.07 Å². The van der Waals surface area contributed by atoms with Gasteiger partial charge >= 0.3 is 0 Å². The Kier molecular flexibility index (Phi) is 3.88. The van der Waals surface area contributed by atoms with Crippen molar-refractivity contribution in [3.63, 3.8) is 0 Å². The largest absolute Gasteiger partial charge is 0.497 e. The third-order valence-corrected chi connectivity index (χ3v) is 6.82. The van der Waals surface area contributed by atoms with Crippen molar-refractivity contribution in [2.75, 3.05) is 18.0 Å². The van der Waals surface area contributed by atoms with Crippen molar-refractivity contribution in [1.29, 1.82) is 0 Å². The first kappa shape index (κ1) is 16.8. The molecule has 1 aliphatic rings. The monoisotopic (exact) mass is 368 g/mol. The zero-order chi connectivity index (χ0) is 18.5. The number of hydrogen-bond donors (Lipinski definition) is 0. The minimum absolute atomic E-state index is 0.290. The lowest BCUT2D eigenvalue weighted by Gasteiger charge is -2.20. The zero-order valence-corrected chi connectivity index (χ0v) is 15.8. The number of sulfonamides is 1. The number of pyridine rings is 1. The third kappa shape index (κ3) is 2.52. The molecule has 0 atom stereocenters. The van der Waals surface area contributed by atoms with Crippen LogP contribution in [-0.2, 0) is 16.4 Å². The number of nitrogens with zero attached hydrogens (tertiary/aromatic N) is 2. The van der Waals surface area contributed by atoms with Crippen LogP contribution in [0.1, 0.15) is 16.7 Å². The Bertz CT molecular complexity index is 1120. The second-order valence-corrected chi connectivity index (χ2v) is 8.41. The quantitative estimate of drug-likeness (QED) is 0.709. The Morgan fingerprint density at radius 1 is 1.08 bits per heavy atom. The molecule has 5 nitrogen and oxygen atoms in total. The molecule has 0 N–H and O–H groups in total. The van der Waals surface area contributed by atoms with E-state index in [0.29, 0.717) is 30.1 Å². The molecule has 0 fully saturated rings. The van der Waals surface area contributed by atoms with Crippen molar-refractivity contribution in [3.05, 3.63) is 59.2 Å². The molecule has 2 heterocycles. The molecule has 0 amide bonds. The summed E-state index contributed by atoms with van der Waals surface area (Å²) in [5, 5.41) is 1.05. The number of hydrogen-bond acceptors (Lipinski definition) is 4. The molecule has 0 unspecified atom stereocenters. The van der Waals surface area contributed by atoms with E-state index in [1.54, 1.807) is 32.2 Å². The molecule has 0 spiro atoms. The summed E-state index contributed by atoms with van der Waals surface area (Å²) in [5.41, 5.74) is 3.52. The Morgan fingerprint density at radius 2 is 1.88 bits per heavy atom. The van der Waals surface area contributed by atoms with E-state index in [4.69, 9.17) is 9.72 Å². The molecule has 0 aliphatic carbocycles. The summed E-state index contributed by atoms with van der Waals surface area (Å²) in [6, 6.07) is 13.1. The van der Waals surface area contributed by atoms with Crippen LogP contribution in [0, 0.1) is 13.8 Å². The molecule has 26 heavy (non-hydrogen) atoms. The van der Waals surface area contributed by atoms with E-state index < -0.39 is 10.0 Å². The highest BCUT2D eigenvalue weighted by Gasteiger charge is 2.33. The summed E-state index contributed by atoms with van der Waals surface area (Å²) in [7, 11) is -2.11. The fraction of sp³-hybridized carbons (Fsp3) is 0.250. The fourth-order valence-electron chi connectivity index (χ4n) is 3.50. The number of anilines is 1. The van der Waals surface area contributed by atoms with Gasteiger partial charge in [0.25, 0.3) is 10.0 Å². The van der Waals surface area contributed by atoms with Gasteiger partial charge in [-0.3, -0.25) is 0 Å². The lowest BCUT2D eigenvalue weighted by molar-refractivity contribution is 0.414. The summed E-state index contributed by atoms with van der Waals surface area (Å²) in [6.07, 6.45) is 0.667. The lowest BCUT2D eigenvalue weighted by Crippen LogP contribution is -2.30. The maximum atomic E-state index is 13.3. The summed E-state index contributed by atoms with van der Waals surface area (Å²) in [6.45, 7) is 4.18. The molecular formula is C20H20N2O3S. The smallest absolute Gasteiger partial charge is 0.265 e. The Morgan fingerprint density at radius 3 is 2.62 bits per heavy atom. The lowest BCUT2D eigenvalue weighted by atomic mass is 10.1. The predicted octanol–water partition coefficient (Wildman–Crippen LogP) is 3.61. The van der Waals surface area contributed by atoms with Gasteiger partial charge in [-0.25, -0.2) is 17.7 Å². The molecule has 134 valence electrons. The summed E-state index contributed by atoms with van der Waals surface area (Å²) < 4.78 is 33.2. The number of methoxy groups -OCH3 is 1. The van der Waals surface area contributed by atoms with Crippen molar-refractivity contribution in [2.45, 2.75) is 25.2 Å². The van der Waals surface area contributed by atoms with Crippen LogP contribution in [0.15, 0.2) is 47.4 Å². The van der Waals surface area contributed by atoms with Gasteiger partial charge in [0.05, 0.1) is 17.5 Å². The standard InChI is InChI=1S/C20H20N2O3S/c1-13-5-4-6-15-12-16-9-10-22(20(16)21-19(13)15)26(23,24)18-8-7-17(25-3)11-14(18)2/h4-8,11-12H,9-10H2,1-3H3. The van der Waals surface area contributed by atoms with Crippen LogP contribution in [0.5, 0.6) is 5.75 Å². The molecule has 0 saturated heterocycles. The average molecular weight is 368 g/mol. The first-order valence-corrected chi connectivity index (χ1v) is 9.92. The van der Waals surface area contributed by atoms with Gasteiger partial charge in [-0.1, -0.05) is 18.2 Å². The third-order valence-electron chi connectivity index (χ3n) is 4.87.